The largest absolute Gasteiger partial charge is 0.154 e. The summed E-state index contributed by atoms with van der Waals surface area (Å²) in [6.45, 7) is 15.3. The van der Waals surface area contributed by atoms with E-state index in [0.717, 1.165) is 13.7 Å². The lowest BCUT2D eigenvalue weighted by atomic mass is 9.69. The van der Waals surface area contributed by atoms with Crippen molar-refractivity contribution >= 4 is 12.7 Å². The molecule has 0 aliphatic carbocycles. The zero-order chi connectivity index (χ0) is 12.3. The lowest BCUT2D eigenvalue weighted by molar-refractivity contribution is 0.494. The van der Waals surface area contributed by atoms with Crippen LogP contribution in [0.15, 0.2) is 30.4 Å². The Hall–Kier alpha value is -0.975. The molecule has 0 nitrogen and oxygen atoms in total. The third-order valence-corrected chi connectivity index (χ3v) is 3.21. The second-order valence-electron chi connectivity index (χ2n) is 5.66. The second kappa shape index (κ2) is 4.90. The van der Waals surface area contributed by atoms with Gasteiger partial charge in [-0.25, -0.2) is 0 Å². The lowest BCUT2D eigenvalue weighted by Crippen LogP contribution is -2.20. The maximum absolute atomic E-state index is 4.22. The summed E-state index contributed by atoms with van der Waals surface area (Å²) in [5, 5.41) is 0. The third kappa shape index (κ3) is 3.26. The minimum absolute atomic E-state index is 0.204. The highest BCUT2D eigenvalue weighted by molar-refractivity contribution is 6.52. The summed E-state index contributed by atoms with van der Waals surface area (Å²) in [7, 11) is 1.11. The van der Waals surface area contributed by atoms with Crippen molar-refractivity contribution in [3.8, 4) is 0 Å². The molecular formula is C15H23B. The molecule has 0 saturated heterocycles. The van der Waals surface area contributed by atoms with Crippen LogP contribution >= 0.6 is 0 Å². The minimum atomic E-state index is 0.204. The van der Waals surface area contributed by atoms with Crippen LogP contribution in [0, 0.1) is 12.3 Å². The van der Waals surface area contributed by atoms with E-state index in [-0.39, 0.29) is 5.41 Å². The Morgan fingerprint density at radius 1 is 1.31 bits per heavy atom. The lowest BCUT2D eigenvalue weighted by Gasteiger charge is -2.23. The topological polar surface area (TPSA) is 0 Å². The molecule has 1 heteroatoms. The highest BCUT2D eigenvalue weighted by atomic mass is 14.2. The van der Waals surface area contributed by atoms with Crippen molar-refractivity contribution in [3.05, 3.63) is 41.5 Å². The molecule has 0 fully saturated rings. The Morgan fingerprint density at radius 3 is 2.44 bits per heavy atom. The molecule has 0 atom stereocenters. The zero-order valence-electron chi connectivity index (χ0n) is 11.4. The SMILES string of the molecule is C=C(Cc1ccc(C)cc1BC)C(C)(C)C. The van der Waals surface area contributed by atoms with E-state index in [9.17, 15) is 0 Å². The summed E-state index contributed by atoms with van der Waals surface area (Å²) in [6.07, 6.45) is 1.01. The van der Waals surface area contributed by atoms with Crippen molar-refractivity contribution in [1.29, 1.82) is 0 Å². The minimum Gasteiger partial charge on any atom is -0.0990 e. The fraction of sp³-hybridized carbons (Fsp3) is 0.467. The standard InChI is InChI=1S/C15H23B/c1-11-7-8-13(14(9-11)16-6)10-12(2)15(3,4)5/h7-9,16H,2,10H2,1,3-6H3. The van der Waals surface area contributed by atoms with E-state index in [4.69, 9.17) is 0 Å². The second-order valence-corrected chi connectivity index (χ2v) is 5.66. The number of hydrogen-bond donors (Lipinski definition) is 0. The maximum Gasteiger partial charge on any atom is 0.154 e. The number of rotatable bonds is 3. The molecule has 0 aromatic heterocycles. The molecule has 86 valence electrons. The van der Waals surface area contributed by atoms with E-state index in [0.29, 0.717) is 0 Å². The Bertz CT molecular complexity index is 383. The Kier molecular flexibility index (Phi) is 4.01. The molecule has 0 aliphatic rings. The zero-order valence-corrected chi connectivity index (χ0v) is 11.4. The Morgan fingerprint density at radius 2 is 1.94 bits per heavy atom. The van der Waals surface area contributed by atoms with Crippen molar-refractivity contribution in [1.82, 2.24) is 0 Å². The van der Waals surface area contributed by atoms with Crippen LogP contribution in [0.2, 0.25) is 6.82 Å². The summed E-state index contributed by atoms with van der Waals surface area (Å²) in [5.41, 5.74) is 5.77. The van der Waals surface area contributed by atoms with Crippen molar-refractivity contribution < 1.29 is 0 Å². The van der Waals surface area contributed by atoms with Gasteiger partial charge in [0.25, 0.3) is 0 Å². The van der Waals surface area contributed by atoms with E-state index in [1.54, 1.807) is 0 Å². The predicted octanol–water partition coefficient (Wildman–Crippen LogP) is 3.25. The highest BCUT2D eigenvalue weighted by Crippen LogP contribution is 2.26. The van der Waals surface area contributed by atoms with Gasteiger partial charge in [-0.1, -0.05) is 69.0 Å². The van der Waals surface area contributed by atoms with Crippen LogP contribution in [-0.4, -0.2) is 7.28 Å². The summed E-state index contributed by atoms with van der Waals surface area (Å²) in [5.74, 6) is 0. The van der Waals surface area contributed by atoms with Crippen LogP contribution in [0.25, 0.3) is 0 Å². The van der Waals surface area contributed by atoms with Gasteiger partial charge in [0.1, 0.15) is 0 Å². The Balaban J connectivity index is 2.93. The molecule has 1 aromatic rings. The van der Waals surface area contributed by atoms with Crippen LogP contribution < -0.4 is 5.46 Å². The van der Waals surface area contributed by atoms with Gasteiger partial charge in [0.05, 0.1) is 0 Å². The van der Waals surface area contributed by atoms with Gasteiger partial charge < -0.3 is 0 Å². The van der Waals surface area contributed by atoms with Gasteiger partial charge in [0.15, 0.2) is 7.28 Å². The van der Waals surface area contributed by atoms with Crippen LogP contribution in [0.4, 0.5) is 0 Å². The summed E-state index contributed by atoms with van der Waals surface area (Å²) in [4.78, 5) is 0. The van der Waals surface area contributed by atoms with Gasteiger partial charge in [0, 0.05) is 0 Å². The average molecular weight is 214 g/mol. The fourth-order valence-corrected chi connectivity index (χ4v) is 1.75. The van der Waals surface area contributed by atoms with Gasteiger partial charge in [0.2, 0.25) is 0 Å². The molecule has 0 spiro atoms. The quantitative estimate of drug-likeness (QED) is 0.535. The first-order valence-corrected chi connectivity index (χ1v) is 6.11. The van der Waals surface area contributed by atoms with Crippen LogP contribution in [-0.2, 0) is 6.42 Å². The molecule has 0 saturated carbocycles. The first-order chi connectivity index (χ1) is 7.34. The smallest absolute Gasteiger partial charge is 0.0990 e. The van der Waals surface area contributed by atoms with E-state index in [1.165, 1.54) is 22.2 Å². The van der Waals surface area contributed by atoms with Crippen molar-refractivity contribution in [2.24, 2.45) is 5.41 Å². The normalized spacial score (nSPS) is 11.3. The summed E-state index contributed by atoms with van der Waals surface area (Å²) >= 11 is 0. The van der Waals surface area contributed by atoms with Crippen molar-refractivity contribution in [2.45, 2.75) is 40.9 Å². The van der Waals surface area contributed by atoms with Gasteiger partial charge in [-0.3, -0.25) is 0 Å². The van der Waals surface area contributed by atoms with Crippen molar-refractivity contribution in [3.63, 3.8) is 0 Å². The van der Waals surface area contributed by atoms with Crippen molar-refractivity contribution in [2.75, 3.05) is 0 Å². The number of aryl methyl sites for hydroxylation is 1. The van der Waals surface area contributed by atoms with E-state index in [2.05, 4.69) is 59.3 Å². The predicted molar refractivity (Wildman–Crippen MR) is 76.1 cm³/mol. The molecule has 0 unspecified atom stereocenters. The molecule has 0 radical (unpaired) electrons. The van der Waals surface area contributed by atoms with E-state index >= 15 is 0 Å². The number of hydrogen-bond acceptors (Lipinski definition) is 0. The van der Waals surface area contributed by atoms with Gasteiger partial charge in [-0.2, -0.15) is 0 Å². The molecule has 1 rings (SSSR count). The monoisotopic (exact) mass is 214 g/mol. The Labute approximate surface area is 101 Å². The summed E-state index contributed by atoms with van der Waals surface area (Å²) in [6, 6.07) is 6.75. The van der Waals surface area contributed by atoms with Gasteiger partial charge >= 0.3 is 0 Å². The first kappa shape index (κ1) is 13.1. The molecule has 0 N–H and O–H groups in total. The molecule has 0 bridgehead atoms. The molecule has 0 heterocycles. The molecule has 16 heavy (non-hydrogen) atoms. The number of benzene rings is 1. The fourth-order valence-electron chi connectivity index (χ4n) is 1.75. The molecule has 1 aromatic carbocycles. The van der Waals surface area contributed by atoms with Gasteiger partial charge in [-0.15, -0.1) is 0 Å². The molecule has 0 aliphatic heterocycles. The van der Waals surface area contributed by atoms with Gasteiger partial charge in [-0.05, 0) is 24.3 Å². The van der Waals surface area contributed by atoms with E-state index in [1.807, 2.05) is 0 Å². The highest BCUT2D eigenvalue weighted by Gasteiger charge is 2.16. The first-order valence-electron chi connectivity index (χ1n) is 6.11. The third-order valence-electron chi connectivity index (χ3n) is 3.21. The van der Waals surface area contributed by atoms with Crippen LogP contribution in [0.1, 0.15) is 31.9 Å². The molecule has 0 amide bonds. The van der Waals surface area contributed by atoms with E-state index < -0.39 is 0 Å². The van der Waals surface area contributed by atoms with Crippen LogP contribution in [0.3, 0.4) is 0 Å². The number of allylic oxidation sites excluding steroid dienone is 1. The maximum atomic E-state index is 4.22. The average Bonchev–Trinajstić information content (AvgIpc) is 2.19. The van der Waals surface area contributed by atoms with Crippen LogP contribution in [0.5, 0.6) is 0 Å². The molecular weight excluding hydrogens is 191 g/mol. The summed E-state index contributed by atoms with van der Waals surface area (Å²) < 4.78 is 0.